The highest BCUT2D eigenvalue weighted by Crippen LogP contribution is 2.35. The van der Waals surface area contributed by atoms with Gasteiger partial charge in [0, 0.05) is 12.8 Å². The quantitative estimate of drug-likeness (QED) is 0.211. The van der Waals surface area contributed by atoms with Gasteiger partial charge < -0.3 is 18.9 Å². The van der Waals surface area contributed by atoms with E-state index in [1.807, 2.05) is 57.2 Å². The van der Waals surface area contributed by atoms with Crippen LogP contribution in [0.5, 0.6) is 23.0 Å². The number of carbonyl (C=O) groups excluding carboxylic acids is 1. The molecule has 1 atom stereocenters. The largest absolute Gasteiger partial charge is 0.493 e. The summed E-state index contributed by atoms with van der Waals surface area (Å²) in [5, 5.41) is 0. The third kappa shape index (κ3) is 8.56. The fourth-order valence-electron chi connectivity index (χ4n) is 4.09. The van der Waals surface area contributed by atoms with Crippen LogP contribution in [-0.4, -0.2) is 25.3 Å². The first-order valence-electron chi connectivity index (χ1n) is 13.4. The lowest BCUT2D eigenvalue weighted by Crippen LogP contribution is -2.16. The maximum absolute atomic E-state index is 11.7. The predicted octanol–water partition coefficient (Wildman–Crippen LogP) is 7.64. The van der Waals surface area contributed by atoms with E-state index in [1.54, 1.807) is 0 Å². The van der Waals surface area contributed by atoms with Gasteiger partial charge in [0.1, 0.15) is 11.5 Å². The van der Waals surface area contributed by atoms with Crippen LogP contribution in [-0.2, 0) is 28.8 Å². The number of hydrogen-bond donors (Lipinski definition) is 0. The molecule has 0 saturated heterocycles. The summed E-state index contributed by atoms with van der Waals surface area (Å²) < 4.78 is 23.6. The van der Waals surface area contributed by atoms with Crippen LogP contribution in [0.3, 0.4) is 0 Å². The molecule has 0 aliphatic heterocycles. The molecular formula is C32H40O5. The number of benzene rings is 3. The van der Waals surface area contributed by atoms with Crippen molar-refractivity contribution in [2.24, 2.45) is 0 Å². The molecule has 3 rings (SSSR count). The highest BCUT2D eigenvalue weighted by molar-refractivity contribution is 5.69. The molecule has 5 heteroatoms. The van der Waals surface area contributed by atoms with Gasteiger partial charge in [-0.15, -0.1) is 0 Å². The topological polar surface area (TPSA) is 54.0 Å². The fraction of sp³-hybridized carbons (Fsp3) is 0.406. The van der Waals surface area contributed by atoms with Crippen molar-refractivity contribution in [2.45, 2.75) is 72.8 Å². The average Bonchev–Trinajstić information content (AvgIpc) is 2.90. The first-order valence-corrected chi connectivity index (χ1v) is 13.4. The van der Waals surface area contributed by atoms with Gasteiger partial charge in [0.2, 0.25) is 0 Å². The third-order valence-electron chi connectivity index (χ3n) is 6.31. The molecule has 0 spiro atoms. The molecule has 0 aliphatic rings. The van der Waals surface area contributed by atoms with Gasteiger partial charge in [0.25, 0.3) is 0 Å². The maximum Gasteiger partial charge on any atom is 0.306 e. The number of carbonyl (C=O) groups is 1. The monoisotopic (exact) mass is 504 g/mol. The lowest BCUT2D eigenvalue weighted by Gasteiger charge is -2.19. The van der Waals surface area contributed by atoms with Crippen LogP contribution in [0.1, 0.15) is 62.8 Å². The highest BCUT2D eigenvalue weighted by Gasteiger charge is 2.13. The zero-order valence-corrected chi connectivity index (χ0v) is 22.8. The molecule has 0 aromatic heterocycles. The highest BCUT2D eigenvalue weighted by atomic mass is 16.5. The van der Waals surface area contributed by atoms with Crippen LogP contribution < -0.4 is 14.2 Å². The second-order valence-corrected chi connectivity index (χ2v) is 9.16. The molecule has 0 aliphatic carbocycles. The van der Waals surface area contributed by atoms with Gasteiger partial charge in [0.15, 0.2) is 11.5 Å². The standard InChI is InChI=1S/C32H40O5/c1-6-25-13-17-30(31(21-25)37-29-12-10-9-11-23(29)4)36-24(5)19-20-35-28-16-14-27(26(7-2)22-28)15-18-32(33)34-8-3/h9-14,16-17,21-22,24H,6-8,15,18-20H2,1-5H3. The average molecular weight is 505 g/mol. The van der Waals surface area contributed by atoms with Crippen LogP contribution >= 0.6 is 0 Å². The number of ether oxygens (including phenoxy) is 4. The minimum atomic E-state index is -0.157. The Balaban J connectivity index is 1.57. The number of aryl methyl sites for hydroxylation is 4. The Hall–Kier alpha value is -3.47. The minimum absolute atomic E-state index is 0.0545. The zero-order chi connectivity index (χ0) is 26.6. The predicted molar refractivity (Wildman–Crippen MR) is 148 cm³/mol. The molecule has 5 nitrogen and oxygen atoms in total. The lowest BCUT2D eigenvalue weighted by molar-refractivity contribution is -0.143. The van der Waals surface area contributed by atoms with Crippen molar-refractivity contribution in [3.05, 3.63) is 82.9 Å². The van der Waals surface area contributed by atoms with Crippen molar-refractivity contribution in [2.75, 3.05) is 13.2 Å². The summed E-state index contributed by atoms with van der Waals surface area (Å²) in [4.78, 5) is 11.7. The molecule has 0 saturated carbocycles. The van der Waals surface area contributed by atoms with Crippen LogP contribution in [0.4, 0.5) is 0 Å². The number of hydrogen-bond acceptors (Lipinski definition) is 5. The molecule has 0 heterocycles. The van der Waals surface area contributed by atoms with E-state index in [0.29, 0.717) is 26.1 Å². The second-order valence-electron chi connectivity index (χ2n) is 9.16. The summed E-state index contributed by atoms with van der Waals surface area (Å²) in [6.07, 6.45) is 3.55. The molecule has 0 fully saturated rings. The van der Waals surface area contributed by atoms with Crippen molar-refractivity contribution in [3.8, 4) is 23.0 Å². The van der Waals surface area contributed by atoms with Crippen LogP contribution in [0.15, 0.2) is 60.7 Å². The van der Waals surface area contributed by atoms with E-state index in [9.17, 15) is 4.79 Å². The summed E-state index contributed by atoms with van der Waals surface area (Å²) in [6, 6.07) is 20.2. The van der Waals surface area contributed by atoms with Gasteiger partial charge in [-0.25, -0.2) is 0 Å². The Morgan fingerprint density at radius 1 is 0.865 bits per heavy atom. The first-order chi connectivity index (χ1) is 17.9. The maximum atomic E-state index is 11.7. The third-order valence-corrected chi connectivity index (χ3v) is 6.31. The van der Waals surface area contributed by atoms with Crippen molar-refractivity contribution in [1.29, 1.82) is 0 Å². The molecule has 1 unspecified atom stereocenters. The van der Waals surface area contributed by atoms with E-state index in [-0.39, 0.29) is 12.1 Å². The molecule has 0 amide bonds. The van der Waals surface area contributed by atoms with Crippen molar-refractivity contribution in [3.63, 3.8) is 0 Å². The van der Waals surface area contributed by atoms with Gasteiger partial charge in [-0.3, -0.25) is 4.79 Å². The van der Waals surface area contributed by atoms with Gasteiger partial charge in [0.05, 0.1) is 19.3 Å². The number of esters is 1. The molecule has 0 radical (unpaired) electrons. The summed E-state index contributed by atoms with van der Waals surface area (Å²) >= 11 is 0. The molecular weight excluding hydrogens is 464 g/mol. The minimum Gasteiger partial charge on any atom is -0.493 e. The summed E-state index contributed by atoms with van der Waals surface area (Å²) in [7, 11) is 0. The van der Waals surface area contributed by atoms with Gasteiger partial charge in [-0.2, -0.15) is 0 Å². The Bertz CT molecular complexity index is 1150. The van der Waals surface area contributed by atoms with E-state index in [1.165, 1.54) is 11.1 Å². The van der Waals surface area contributed by atoms with Gasteiger partial charge in [-0.05, 0) is 92.6 Å². The van der Waals surface area contributed by atoms with E-state index >= 15 is 0 Å². The van der Waals surface area contributed by atoms with Crippen LogP contribution in [0, 0.1) is 6.92 Å². The van der Waals surface area contributed by atoms with Crippen LogP contribution in [0.25, 0.3) is 0 Å². The number of para-hydroxylation sites is 1. The Kier molecular flexibility index (Phi) is 10.9. The van der Waals surface area contributed by atoms with E-state index in [0.717, 1.165) is 53.4 Å². The SMILES string of the molecule is CCOC(=O)CCc1ccc(OCCC(C)Oc2ccc(CC)cc2Oc2ccccc2C)cc1CC. The van der Waals surface area contributed by atoms with Crippen molar-refractivity contribution >= 4 is 5.97 Å². The smallest absolute Gasteiger partial charge is 0.306 e. The molecule has 0 N–H and O–H groups in total. The summed E-state index contributed by atoms with van der Waals surface area (Å²) in [6.45, 7) is 11.1. The number of rotatable bonds is 14. The molecule has 0 bridgehead atoms. The van der Waals surface area contributed by atoms with Gasteiger partial charge in [-0.1, -0.05) is 44.2 Å². The van der Waals surface area contributed by atoms with Crippen molar-refractivity contribution < 1.29 is 23.7 Å². The normalized spacial score (nSPS) is 11.6. The van der Waals surface area contributed by atoms with Gasteiger partial charge >= 0.3 is 5.97 Å². The van der Waals surface area contributed by atoms with E-state index < -0.39 is 0 Å². The zero-order valence-electron chi connectivity index (χ0n) is 22.8. The molecule has 198 valence electrons. The first kappa shape index (κ1) is 28.1. The lowest BCUT2D eigenvalue weighted by atomic mass is 10.0. The molecule has 3 aromatic rings. The van der Waals surface area contributed by atoms with E-state index in [4.69, 9.17) is 18.9 Å². The fourth-order valence-corrected chi connectivity index (χ4v) is 4.09. The van der Waals surface area contributed by atoms with Crippen molar-refractivity contribution in [1.82, 2.24) is 0 Å². The van der Waals surface area contributed by atoms with Crippen LogP contribution in [0.2, 0.25) is 0 Å². The molecule has 3 aromatic carbocycles. The summed E-state index contributed by atoms with van der Waals surface area (Å²) in [5.74, 6) is 2.96. The van der Waals surface area contributed by atoms with E-state index in [2.05, 4.69) is 38.1 Å². The molecule has 37 heavy (non-hydrogen) atoms. The second kappa shape index (κ2) is 14.3. The Morgan fingerprint density at radius 3 is 2.41 bits per heavy atom. The summed E-state index contributed by atoms with van der Waals surface area (Å²) in [5.41, 5.74) is 4.64. The Morgan fingerprint density at radius 2 is 1.68 bits per heavy atom. The Labute approximate surface area is 221 Å².